The molecule has 0 spiro atoms. The van der Waals surface area contributed by atoms with Gasteiger partial charge in [0.15, 0.2) is 0 Å². The molecule has 0 aliphatic carbocycles. The number of hydrogen-bond donors (Lipinski definition) is 1. The van der Waals surface area contributed by atoms with Crippen molar-refractivity contribution in [1.29, 1.82) is 0 Å². The Morgan fingerprint density at radius 2 is 2.00 bits per heavy atom. The number of hydrogen-bond acceptors (Lipinski definition) is 3. The molecule has 0 bridgehead atoms. The van der Waals surface area contributed by atoms with E-state index >= 15 is 0 Å². The summed E-state index contributed by atoms with van der Waals surface area (Å²) in [5.74, 6) is -0.0324. The lowest BCUT2D eigenvalue weighted by Crippen LogP contribution is -2.25. The number of aromatic nitrogens is 1. The van der Waals surface area contributed by atoms with Gasteiger partial charge in [0.2, 0.25) is 0 Å². The second kappa shape index (κ2) is 7.38. The van der Waals surface area contributed by atoms with Gasteiger partial charge in [-0.05, 0) is 54.8 Å². The van der Waals surface area contributed by atoms with Crippen molar-refractivity contribution < 1.29 is 4.79 Å². The summed E-state index contributed by atoms with van der Waals surface area (Å²) in [7, 11) is 0. The topological polar surface area (TPSA) is 45.2 Å². The third-order valence-electron chi connectivity index (χ3n) is 4.47. The lowest BCUT2D eigenvalue weighted by Gasteiger charge is -2.16. The van der Waals surface area contributed by atoms with Gasteiger partial charge >= 0.3 is 0 Å². The molecule has 0 saturated heterocycles. The number of rotatable bonds is 4. The van der Waals surface area contributed by atoms with Crippen molar-refractivity contribution in [1.82, 2.24) is 15.2 Å². The Kier molecular flexibility index (Phi) is 5.03. The third-order valence-corrected chi connectivity index (χ3v) is 4.47. The van der Waals surface area contributed by atoms with Gasteiger partial charge in [0, 0.05) is 24.8 Å². The third kappa shape index (κ3) is 3.96. The normalized spacial score (nSPS) is 14.8. The highest BCUT2D eigenvalue weighted by molar-refractivity contribution is 5.94. The molecule has 120 valence electrons. The van der Waals surface area contributed by atoms with Crippen molar-refractivity contribution >= 4 is 5.91 Å². The number of benzene rings is 1. The van der Waals surface area contributed by atoms with Crippen LogP contribution in [0.25, 0.3) is 0 Å². The van der Waals surface area contributed by atoms with E-state index in [0.717, 1.165) is 43.7 Å². The number of carbonyl (C=O) groups is 1. The monoisotopic (exact) mass is 309 g/mol. The van der Waals surface area contributed by atoms with Crippen LogP contribution in [0.3, 0.4) is 0 Å². The molecule has 4 heteroatoms. The fraction of sp³-hybridized carbons (Fsp3) is 0.368. The number of pyridine rings is 1. The summed E-state index contributed by atoms with van der Waals surface area (Å²) >= 11 is 0. The van der Waals surface area contributed by atoms with Crippen LogP contribution in [0.1, 0.15) is 34.1 Å². The minimum atomic E-state index is -0.0324. The van der Waals surface area contributed by atoms with E-state index in [4.69, 9.17) is 0 Å². The van der Waals surface area contributed by atoms with Crippen LogP contribution in [0.4, 0.5) is 0 Å². The molecule has 1 aliphatic heterocycles. The number of carbonyl (C=O) groups excluding carboxylic acids is 1. The largest absolute Gasteiger partial charge is 0.346 e. The molecule has 0 radical (unpaired) electrons. The standard InChI is InChI=1S/C19H23N3O/c1-2-22-11-8-15-6-7-17(13-16(15)9-12-22)19(23)21-14-18-5-3-4-10-20-18/h3-7,10,13H,2,8-9,11-12,14H2,1H3,(H,21,23). The van der Waals surface area contributed by atoms with E-state index in [0.29, 0.717) is 6.54 Å². The molecule has 0 unspecified atom stereocenters. The van der Waals surface area contributed by atoms with Crippen LogP contribution in [-0.4, -0.2) is 35.4 Å². The Labute approximate surface area is 137 Å². The van der Waals surface area contributed by atoms with E-state index in [2.05, 4.69) is 34.3 Å². The zero-order valence-electron chi connectivity index (χ0n) is 13.6. The summed E-state index contributed by atoms with van der Waals surface area (Å²) in [6.07, 6.45) is 3.83. The van der Waals surface area contributed by atoms with Gasteiger partial charge in [-0.3, -0.25) is 9.78 Å². The van der Waals surface area contributed by atoms with Crippen LogP contribution in [0.2, 0.25) is 0 Å². The van der Waals surface area contributed by atoms with Crippen molar-refractivity contribution in [3.8, 4) is 0 Å². The van der Waals surface area contributed by atoms with Crippen molar-refractivity contribution in [2.24, 2.45) is 0 Å². The number of amides is 1. The van der Waals surface area contributed by atoms with Gasteiger partial charge in [-0.15, -0.1) is 0 Å². The lowest BCUT2D eigenvalue weighted by atomic mass is 10.00. The molecular formula is C19H23N3O. The van der Waals surface area contributed by atoms with Gasteiger partial charge in [0.05, 0.1) is 12.2 Å². The molecule has 4 nitrogen and oxygen atoms in total. The summed E-state index contributed by atoms with van der Waals surface area (Å²) in [6, 6.07) is 11.8. The van der Waals surface area contributed by atoms with Gasteiger partial charge in [-0.2, -0.15) is 0 Å². The molecule has 0 fully saturated rings. The summed E-state index contributed by atoms with van der Waals surface area (Å²) < 4.78 is 0. The Morgan fingerprint density at radius 1 is 1.17 bits per heavy atom. The minimum absolute atomic E-state index is 0.0324. The number of likely N-dealkylation sites (N-methyl/N-ethyl adjacent to an activating group) is 1. The fourth-order valence-electron chi connectivity index (χ4n) is 3.00. The smallest absolute Gasteiger partial charge is 0.251 e. The second-order valence-electron chi connectivity index (χ2n) is 5.92. The van der Waals surface area contributed by atoms with Gasteiger partial charge in [-0.25, -0.2) is 0 Å². The van der Waals surface area contributed by atoms with Crippen molar-refractivity contribution in [3.63, 3.8) is 0 Å². The summed E-state index contributed by atoms with van der Waals surface area (Å²) in [4.78, 5) is 19.0. The number of fused-ring (bicyclic) bond motifs is 1. The second-order valence-corrected chi connectivity index (χ2v) is 5.92. The first-order chi connectivity index (χ1) is 11.3. The van der Waals surface area contributed by atoms with Crippen LogP contribution in [0.5, 0.6) is 0 Å². The molecule has 2 aromatic rings. The molecule has 3 rings (SSSR count). The molecule has 0 saturated carbocycles. The van der Waals surface area contributed by atoms with Gasteiger partial charge in [0.1, 0.15) is 0 Å². The molecule has 1 aliphatic rings. The van der Waals surface area contributed by atoms with Crippen molar-refractivity contribution in [2.45, 2.75) is 26.3 Å². The quantitative estimate of drug-likeness (QED) is 0.943. The maximum Gasteiger partial charge on any atom is 0.251 e. The minimum Gasteiger partial charge on any atom is -0.346 e. The van der Waals surface area contributed by atoms with Crippen LogP contribution >= 0.6 is 0 Å². The summed E-state index contributed by atoms with van der Waals surface area (Å²) in [5, 5.41) is 2.95. The fourth-order valence-corrected chi connectivity index (χ4v) is 3.00. The molecule has 1 N–H and O–H groups in total. The predicted octanol–water partition coefficient (Wildman–Crippen LogP) is 2.43. The van der Waals surface area contributed by atoms with E-state index in [-0.39, 0.29) is 5.91 Å². The predicted molar refractivity (Wildman–Crippen MR) is 91.4 cm³/mol. The lowest BCUT2D eigenvalue weighted by molar-refractivity contribution is 0.0950. The van der Waals surface area contributed by atoms with Gasteiger partial charge in [-0.1, -0.05) is 19.1 Å². The highest BCUT2D eigenvalue weighted by Crippen LogP contribution is 2.18. The number of nitrogens with zero attached hydrogens (tertiary/aromatic N) is 2. The maximum atomic E-state index is 12.4. The molecule has 23 heavy (non-hydrogen) atoms. The SMILES string of the molecule is CCN1CCc2ccc(C(=O)NCc3ccccn3)cc2CC1. The number of nitrogens with one attached hydrogen (secondary N) is 1. The molecule has 0 atom stereocenters. The molecule has 1 amide bonds. The average molecular weight is 309 g/mol. The first-order valence-corrected chi connectivity index (χ1v) is 8.28. The highest BCUT2D eigenvalue weighted by atomic mass is 16.1. The van der Waals surface area contributed by atoms with Gasteiger partial charge in [0.25, 0.3) is 5.91 Å². The van der Waals surface area contributed by atoms with Crippen LogP contribution in [-0.2, 0) is 19.4 Å². The first-order valence-electron chi connectivity index (χ1n) is 8.28. The molecular weight excluding hydrogens is 286 g/mol. The summed E-state index contributed by atoms with van der Waals surface area (Å²) in [6.45, 7) is 5.93. The van der Waals surface area contributed by atoms with Gasteiger partial charge < -0.3 is 10.2 Å². The Morgan fingerprint density at radius 3 is 2.74 bits per heavy atom. The molecule has 1 aromatic heterocycles. The Hall–Kier alpha value is -2.20. The van der Waals surface area contributed by atoms with E-state index < -0.39 is 0 Å². The van der Waals surface area contributed by atoms with E-state index in [1.54, 1.807) is 6.20 Å². The van der Waals surface area contributed by atoms with Crippen molar-refractivity contribution in [3.05, 3.63) is 65.0 Å². The maximum absolute atomic E-state index is 12.4. The Bertz CT molecular complexity index is 670. The van der Waals surface area contributed by atoms with E-state index in [9.17, 15) is 4.79 Å². The average Bonchev–Trinajstić information content (AvgIpc) is 2.82. The zero-order valence-corrected chi connectivity index (χ0v) is 13.6. The Balaban J connectivity index is 1.67. The van der Waals surface area contributed by atoms with Crippen LogP contribution in [0.15, 0.2) is 42.6 Å². The molecule has 2 heterocycles. The summed E-state index contributed by atoms with van der Waals surface area (Å²) in [5.41, 5.74) is 4.30. The highest BCUT2D eigenvalue weighted by Gasteiger charge is 2.15. The zero-order chi connectivity index (χ0) is 16.1. The van der Waals surface area contributed by atoms with Crippen molar-refractivity contribution in [2.75, 3.05) is 19.6 Å². The van der Waals surface area contributed by atoms with E-state index in [1.807, 2.05) is 24.3 Å². The molecule has 1 aromatic carbocycles. The van der Waals surface area contributed by atoms with Crippen LogP contribution in [0, 0.1) is 0 Å². The van der Waals surface area contributed by atoms with E-state index in [1.165, 1.54) is 11.1 Å². The van der Waals surface area contributed by atoms with Crippen LogP contribution < -0.4 is 5.32 Å². The first kappa shape index (κ1) is 15.7.